The van der Waals surface area contributed by atoms with Crippen LogP contribution in [0.25, 0.3) is 0 Å². The molecular weight excluding hydrogens is 191 g/mol. The summed E-state index contributed by atoms with van der Waals surface area (Å²) in [7, 11) is 0. The molecule has 0 amide bonds. The highest BCUT2D eigenvalue weighted by Gasteiger charge is 2.04. The number of hydrogen-bond acceptors (Lipinski definition) is 2. The molecule has 2 rings (SSSR count). The minimum Gasteiger partial charge on any atom is -0.398 e. The molecule has 0 bridgehead atoms. The van der Waals surface area contributed by atoms with Gasteiger partial charge in [0.1, 0.15) is 5.82 Å². The lowest BCUT2D eigenvalue weighted by atomic mass is 10.1. The van der Waals surface area contributed by atoms with Gasteiger partial charge in [0, 0.05) is 24.5 Å². The van der Waals surface area contributed by atoms with E-state index in [9.17, 15) is 4.39 Å². The molecule has 1 aromatic carbocycles. The van der Waals surface area contributed by atoms with E-state index in [1.807, 2.05) is 6.07 Å². The van der Waals surface area contributed by atoms with Crippen molar-refractivity contribution in [2.75, 3.05) is 5.73 Å². The standard InChI is InChI=1S/C12H11FN2/c13-11-4-2-1-3-9(11)7-10-8-15-6-5-12(10)14/h1-6,8H,7H2,(H2,14,15). The molecular formula is C12H11FN2. The van der Waals surface area contributed by atoms with Crippen molar-refractivity contribution in [1.29, 1.82) is 0 Å². The highest BCUT2D eigenvalue weighted by molar-refractivity contribution is 5.46. The molecule has 0 aliphatic heterocycles. The number of hydrogen-bond donors (Lipinski definition) is 1. The van der Waals surface area contributed by atoms with Gasteiger partial charge in [-0.15, -0.1) is 0 Å². The van der Waals surface area contributed by atoms with E-state index in [1.54, 1.807) is 30.6 Å². The van der Waals surface area contributed by atoms with Gasteiger partial charge in [0.2, 0.25) is 0 Å². The second-order valence-corrected chi connectivity index (χ2v) is 3.34. The van der Waals surface area contributed by atoms with Crippen LogP contribution in [0.15, 0.2) is 42.7 Å². The summed E-state index contributed by atoms with van der Waals surface area (Å²) >= 11 is 0. The Morgan fingerprint density at radius 3 is 2.67 bits per heavy atom. The first kappa shape index (κ1) is 9.65. The van der Waals surface area contributed by atoms with Gasteiger partial charge in [-0.25, -0.2) is 4.39 Å². The molecule has 76 valence electrons. The molecule has 15 heavy (non-hydrogen) atoms. The van der Waals surface area contributed by atoms with Gasteiger partial charge in [-0.05, 0) is 23.3 Å². The topological polar surface area (TPSA) is 38.9 Å². The molecule has 0 atom stereocenters. The van der Waals surface area contributed by atoms with Gasteiger partial charge in [-0.1, -0.05) is 18.2 Å². The second-order valence-electron chi connectivity index (χ2n) is 3.34. The van der Waals surface area contributed by atoms with E-state index in [0.29, 0.717) is 17.7 Å². The zero-order chi connectivity index (χ0) is 10.7. The van der Waals surface area contributed by atoms with Gasteiger partial charge in [0.05, 0.1) is 0 Å². The Morgan fingerprint density at radius 1 is 1.13 bits per heavy atom. The smallest absolute Gasteiger partial charge is 0.126 e. The summed E-state index contributed by atoms with van der Waals surface area (Å²) < 4.78 is 13.3. The fourth-order valence-corrected chi connectivity index (χ4v) is 1.43. The van der Waals surface area contributed by atoms with E-state index in [1.165, 1.54) is 6.07 Å². The fourth-order valence-electron chi connectivity index (χ4n) is 1.43. The molecule has 0 unspecified atom stereocenters. The molecule has 2 aromatic rings. The van der Waals surface area contributed by atoms with Gasteiger partial charge in [-0.2, -0.15) is 0 Å². The van der Waals surface area contributed by atoms with Crippen molar-refractivity contribution in [3.63, 3.8) is 0 Å². The average molecular weight is 202 g/mol. The third-order valence-corrected chi connectivity index (χ3v) is 2.28. The number of rotatable bonds is 2. The number of nitrogens with zero attached hydrogens (tertiary/aromatic N) is 1. The predicted molar refractivity (Wildman–Crippen MR) is 57.9 cm³/mol. The molecule has 1 heterocycles. The molecule has 2 nitrogen and oxygen atoms in total. The maximum absolute atomic E-state index is 13.3. The van der Waals surface area contributed by atoms with Crippen LogP contribution in [0.5, 0.6) is 0 Å². The Bertz CT molecular complexity index is 425. The van der Waals surface area contributed by atoms with Crippen molar-refractivity contribution in [1.82, 2.24) is 4.98 Å². The SMILES string of the molecule is Nc1ccncc1Cc1ccccc1F. The van der Waals surface area contributed by atoms with Gasteiger partial charge in [0.15, 0.2) is 0 Å². The second kappa shape index (κ2) is 4.09. The molecule has 0 spiro atoms. The van der Waals surface area contributed by atoms with Crippen molar-refractivity contribution in [2.45, 2.75) is 6.42 Å². The molecule has 1 aromatic heterocycles. The van der Waals surface area contributed by atoms with Gasteiger partial charge < -0.3 is 5.73 Å². The molecule has 0 radical (unpaired) electrons. The van der Waals surface area contributed by atoms with Crippen LogP contribution < -0.4 is 5.73 Å². The van der Waals surface area contributed by atoms with Crippen molar-refractivity contribution in [3.8, 4) is 0 Å². The van der Waals surface area contributed by atoms with Crippen molar-refractivity contribution in [2.24, 2.45) is 0 Å². The largest absolute Gasteiger partial charge is 0.398 e. The molecule has 0 fully saturated rings. The van der Waals surface area contributed by atoms with E-state index < -0.39 is 0 Å². The van der Waals surface area contributed by atoms with Crippen molar-refractivity contribution < 1.29 is 4.39 Å². The Morgan fingerprint density at radius 2 is 1.93 bits per heavy atom. The van der Waals surface area contributed by atoms with Crippen LogP contribution >= 0.6 is 0 Å². The highest BCUT2D eigenvalue weighted by atomic mass is 19.1. The minimum atomic E-state index is -0.208. The summed E-state index contributed by atoms with van der Waals surface area (Å²) in [5, 5.41) is 0. The van der Waals surface area contributed by atoms with Gasteiger partial charge >= 0.3 is 0 Å². The first-order valence-corrected chi connectivity index (χ1v) is 4.69. The number of benzene rings is 1. The van der Waals surface area contributed by atoms with E-state index in [4.69, 9.17) is 5.73 Å². The van der Waals surface area contributed by atoms with Crippen LogP contribution in [0.4, 0.5) is 10.1 Å². The lowest BCUT2D eigenvalue weighted by molar-refractivity contribution is 0.614. The van der Waals surface area contributed by atoms with E-state index in [0.717, 1.165) is 5.56 Å². The maximum Gasteiger partial charge on any atom is 0.126 e. The van der Waals surface area contributed by atoms with Crippen LogP contribution in [-0.4, -0.2) is 4.98 Å². The summed E-state index contributed by atoms with van der Waals surface area (Å²) in [6, 6.07) is 8.40. The predicted octanol–water partition coefficient (Wildman–Crippen LogP) is 2.39. The third-order valence-electron chi connectivity index (χ3n) is 2.28. The first-order chi connectivity index (χ1) is 7.27. The number of nitrogens with two attached hydrogens (primary N) is 1. The molecule has 3 heteroatoms. The monoisotopic (exact) mass is 202 g/mol. The third kappa shape index (κ3) is 2.13. The van der Waals surface area contributed by atoms with E-state index in [-0.39, 0.29) is 5.82 Å². The Kier molecular flexibility index (Phi) is 2.63. The molecule has 0 aliphatic carbocycles. The zero-order valence-corrected chi connectivity index (χ0v) is 8.15. The summed E-state index contributed by atoms with van der Waals surface area (Å²) in [6.07, 6.45) is 3.77. The van der Waals surface area contributed by atoms with Crippen LogP contribution in [-0.2, 0) is 6.42 Å². The number of pyridine rings is 1. The normalized spacial score (nSPS) is 10.2. The fraction of sp³-hybridized carbons (Fsp3) is 0.0833. The highest BCUT2D eigenvalue weighted by Crippen LogP contribution is 2.16. The molecule has 0 aliphatic rings. The molecule has 2 N–H and O–H groups in total. The minimum absolute atomic E-state index is 0.208. The first-order valence-electron chi connectivity index (χ1n) is 4.69. The van der Waals surface area contributed by atoms with Gasteiger partial charge in [0.25, 0.3) is 0 Å². The number of halogens is 1. The van der Waals surface area contributed by atoms with Crippen LogP contribution in [0.3, 0.4) is 0 Å². The lowest BCUT2D eigenvalue weighted by Crippen LogP contribution is -1.98. The summed E-state index contributed by atoms with van der Waals surface area (Å²) in [6.45, 7) is 0. The van der Waals surface area contributed by atoms with Crippen molar-refractivity contribution in [3.05, 3.63) is 59.7 Å². The van der Waals surface area contributed by atoms with Crippen LogP contribution in [0.1, 0.15) is 11.1 Å². The van der Waals surface area contributed by atoms with Gasteiger partial charge in [-0.3, -0.25) is 4.98 Å². The quantitative estimate of drug-likeness (QED) is 0.812. The summed E-state index contributed by atoms with van der Waals surface area (Å²) in [5.74, 6) is -0.208. The summed E-state index contributed by atoms with van der Waals surface area (Å²) in [4.78, 5) is 3.97. The van der Waals surface area contributed by atoms with Crippen molar-refractivity contribution >= 4 is 5.69 Å². The maximum atomic E-state index is 13.3. The van der Waals surface area contributed by atoms with Crippen LogP contribution in [0.2, 0.25) is 0 Å². The van der Waals surface area contributed by atoms with E-state index in [2.05, 4.69) is 4.98 Å². The zero-order valence-electron chi connectivity index (χ0n) is 8.15. The lowest BCUT2D eigenvalue weighted by Gasteiger charge is -2.05. The number of aromatic nitrogens is 1. The van der Waals surface area contributed by atoms with Crippen LogP contribution in [0, 0.1) is 5.82 Å². The Labute approximate surface area is 87.6 Å². The summed E-state index contributed by atoms with van der Waals surface area (Å²) in [5.41, 5.74) is 7.89. The Balaban J connectivity index is 2.30. The number of nitrogen functional groups attached to an aromatic ring is 1. The average Bonchev–Trinajstić information content (AvgIpc) is 2.24. The Hall–Kier alpha value is -1.90. The molecule has 0 saturated heterocycles. The molecule has 0 saturated carbocycles. The van der Waals surface area contributed by atoms with E-state index >= 15 is 0 Å². The number of anilines is 1.